The summed E-state index contributed by atoms with van der Waals surface area (Å²) in [5, 5.41) is 11.7. The minimum absolute atomic E-state index is 0.0191. The molecule has 3 aromatic rings. The number of halogens is 2. The minimum Gasteiger partial charge on any atom is -0.493 e. The molecular weight excluding hydrogens is 597 g/mol. The van der Waals surface area contributed by atoms with Crippen LogP contribution in [0.4, 0.5) is 4.39 Å². The number of hydrogen-bond acceptors (Lipinski definition) is 6. The topological polar surface area (TPSA) is 77.9 Å². The molecule has 0 saturated heterocycles. The number of pyridine rings is 1. The number of ketones is 1. The van der Waals surface area contributed by atoms with E-state index in [1.54, 1.807) is 38.3 Å². The second-order valence-corrected chi connectivity index (χ2v) is 19.1. The van der Waals surface area contributed by atoms with E-state index >= 15 is 0 Å². The Bertz CT molecular complexity index is 1530. The summed E-state index contributed by atoms with van der Waals surface area (Å²) < 4.78 is 32.3. The Morgan fingerprint density at radius 1 is 1.02 bits per heavy atom. The molecule has 1 aliphatic carbocycles. The van der Waals surface area contributed by atoms with Crippen LogP contribution < -0.4 is 9.47 Å². The average molecular weight is 642 g/mol. The van der Waals surface area contributed by atoms with Gasteiger partial charge in [0.15, 0.2) is 25.6 Å². The molecule has 0 spiro atoms. The number of carbonyl (C=O) groups is 1. The van der Waals surface area contributed by atoms with Crippen molar-refractivity contribution in [3.05, 3.63) is 76.2 Å². The summed E-state index contributed by atoms with van der Waals surface area (Å²) >= 11 is 6.14. The van der Waals surface area contributed by atoms with Crippen LogP contribution in [0.25, 0.3) is 11.3 Å². The first-order valence-corrected chi connectivity index (χ1v) is 18.4. The van der Waals surface area contributed by atoms with Crippen LogP contribution in [0.2, 0.25) is 23.2 Å². The zero-order valence-electron chi connectivity index (χ0n) is 27.3. The van der Waals surface area contributed by atoms with E-state index in [1.807, 2.05) is 26.0 Å². The Labute approximate surface area is 267 Å². The van der Waals surface area contributed by atoms with E-state index in [9.17, 15) is 14.3 Å². The smallest absolute Gasteiger partial charge is 0.193 e. The lowest BCUT2D eigenvalue weighted by Gasteiger charge is -2.43. The maximum Gasteiger partial charge on any atom is 0.193 e. The molecule has 1 heterocycles. The molecule has 1 fully saturated rings. The highest BCUT2D eigenvalue weighted by Crippen LogP contribution is 2.43. The van der Waals surface area contributed by atoms with Crippen LogP contribution in [0.15, 0.2) is 48.5 Å². The van der Waals surface area contributed by atoms with Crippen molar-refractivity contribution in [3.63, 3.8) is 0 Å². The van der Waals surface area contributed by atoms with E-state index in [4.69, 9.17) is 30.5 Å². The largest absolute Gasteiger partial charge is 0.493 e. The Kier molecular flexibility index (Phi) is 9.72. The summed E-state index contributed by atoms with van der Waals surface area (Å²) in [6.45, 7) is 16.6. The fourth-order valence-electron chi connectivity index (χ4n) is 4.74. The van der Waals surface area contributed by atoms with Gasteiger partial charge in [-0.2, -0.15) is 0 Å². The van der Waals surface area contributed by atoms with Gasteiger partial charge in [-0.1, -0.05) is 32.4 Å². The lowest BCUT2D eigenvalue weighted by Crippen LogP contribution is -2.46. The van der Waals surface area contributed by atoms with E-state index in [0.717, 1.165) is 18.4 Å². The lowest BCUT2D eigenvalue weighted by atomic mass is 9.88. The van der Waals surface area contributed by atoms with E-state index in [2.05, 4.69) is 33.9 Å². The van der Waals surface area contributed by atoms with Crippen molar-refractivity contribution < 1.29 is 28.2 Å². The maximum absolute atomic E-state index is 14.0. The maximum atomic E-state index is 14.0. The highest BCUT2D eigenvalue weighted by Gasteiger charge is 2.42. The molecule has 1 saturated carbocycles. The average Bonchev–Trinajstić information content (AvgIpc) is 3.76. The highest BCUT2D eigenvalue weighted by molar-refractivity contribution is 6.74. The van der Waals surface area contributed by atoms with Gasteiger partial charge >= 0.3 is 0 Å². The van der Waals surface area contributed by atoms with Crippen LogP contribution in [0.1, 0.15) is 88.8 Å². The number of rotatable bonds is 12. The van der Waals surface area contributed by atoms with Crippen LogP contribution in [0.3, 0.4) is 0 Å². The molecular formula is C35H45ClFNO5Si. The molecule has 0 radical (unpaired) electrons. The Morgan fingerprint density at radius 2 is 1.70 bits per heavy atom. The monoisotopic (exact) mass is 641 g/mol. The first-order chi connectivity index (χ1) is 20.3. The summed E-state index contributed by atoms with van der Waals surface area (Å²) in [7, 11) is -0.652. The number of methoxy groups -OCH3 is 1. The van der Waals surface area contributed by atoms with Crippen LogP contribution >= 0.6 is 11.6 Å². The SMILES string of the molecule is COc1cc(C(=O)CCC(C)(O)c2cc(C(C)(C)O[Si](C)(C)C(C)(C)C)cc(-c3ccc(F)c(Cl)c3)n2)ccc1OC1CC1. The zero-order valence-corrected chi connectivity index (χ0v) is 29.1. The summed E-state index contributed by atoms with van der Waals surface area (Å²) in [4.78, 5) is 18.1. The van der Waals surface area contributed by atoms with Gasteiger partial charge in [0.25, 0.3) is 0 Å². The molecule has 1 unspecified atom stereocenters. The standard InChI is InChI=1S/C35H45ClFNO5Si/c1-33(2,3)44(8,9)43-34(4,5)24-20-28(22-10-14-27(37)26(36)18-22)38-32(21-24)35(6,40)17-16-29(39)23-11-15-30(31(19-23)41-7)42-25-12-13-25/h10-11,14-15,18-21,25,40H,12-13,16-17H2,1-9H3. The van der Waals surface area contributed by atoms with E-state index < -0.39 is 25.3 Å². The highest BCUT2D eigenvalue weighted by atomic mass is 35.5. The molecule has 9 heteroatoms. The molecule has 0 amide bonds. The Morgan fingerprint density at radius 3 is 2.30 bits per heavy atom. The zero-order chi connectivity index (χ0) is 32.7. The van der Waals surface area contributed by atoms with Gasteiger partial charge in [0.1, 0.15) is 11.4 Å². The fourth-order valence-corrected chi connectivity index (χ4v) is 6.62. The van der Waals surface area contributed by atoms with Crippen LogP contribution in [-0.4, -0.2) is 37.4 Å². The summed E-state index contributed by atoms with van der Waals surface area (Å²) in [5.74, 6) is 0.471. The van der Waals surface area contributed by atoms with Gasteiger partial charge in [-0.15, -0.1) is 0 Å². The van der Waals surface area contributed by atoms with Crippen molar-refractivity contribution in [2.45, 2.75) is 103 Å². The van der Waals surface area contributed by atoms with Gasteiger partial charge in [-0.25, -0.2) is 9.37 Å². The molecule has 1 N–H and O–H groups in total. The number of ether oxygens (including phenoxy) is 2. The number of nitrogens with zero attached hydrogens (tertiary/aromatic N) is 1. The Balaban J connectivity index is 1.66. The van der Waals surface area contributed by atoms with Gasteiger partial charge in [0, 0.05) is 17.5 Å². The summed E-state index contributed by atoms with van der Waals surface area (Å²) in [6, 6.07) is 13.4. The number of Topliss-reactive ketones (excluding diaryl/α,β-unsaturated/α-hetero) is 1. The van der Waals surface area contributed by atoms with E-state index in [1.165, 1.54) is 12.1 Å². The lowest BCUT2D eigenvalue weighted by molar-refractivity contribution is 0.0388. The quantitative estimate of drug-likeness (QED) is 0.157. The molecule has 6 nitrogen and oxygen atoms in total. The first-order valence-electron chi connectivity index (χ1n) is 15.1. The minimum atomic E-state index is -2.20. The molecule has 1 aliphatic rings. The molecule has 1 aromatic heterocycles. The Hall–Kier alpha value is -2.78. The van der Waals surface area contributed by atoms with Crippen molar-refractivity contribution in [2.24, 2.45) is 0 Å². The van der Waals surface area contributed by atoms with Crippen molar-refractivity contribution >= 4 is 25.7 Å². The number of benzene rings is 2. The third kappa shape index (κ3) is 7.89. The molecule has 44 heavy (non-hydrogen) atoms. The van der Waals surface area contributed by atoms with E-state index in [0.29, 0.717) is 34.0 Å². The number of aromatic nitrogens is 1. The van der Waals surface area contributed by atoms with Crippen LogP contribution in [0, 0.1) is 5.82 Å². The molecule has 0 aliphatic heterocycles. The van der Waals surface area contributed by atoms with E-state index in [-0.39, 0.29) is 34.8 Å². The van der Waals surface area contributed by atoms with Gasteiger partial charge in [0.05, 0.1) is 35.2 Å². The number of aliphatic hydroxyl groups is 1. The molecule has 2 aromatic carbocycles. The van der Waals surface area contributed by atoms with Crippen LogP contribution in [0.5, 0.6) is 11.5 Å². The summed E-state index contributed by atoms with van der Waals surface area (Å²) in [6.07, 6.45) is 2.44. The number of hydrogen-bond donors (Lipinski definition) is 1. The van der Waals surface area contributed by atoms with Crippen molar-refractivity contribution in [3.8, 4) is 22.8 Å². The van der Waals surface area contributed by atoms with Gasteiger partial charge in [-0.3, -0.25) is 4.79 Å². The van der Waals surface area contributed by atoms with Crippen LogP contribution in [-0.2, 0) is 15.6 Å². The molecule has 0 bridgehead atoms. The predicted octanol–water partition coefficient (Wildman–Crippen LogP) is 9.22. The van der Waals surface area contributed by atoms with Gasteiger partial charge in [0.2, 0.25) is 0 Å². The summed E-state index contributed by atoms with van der Waals surface area (Å²) in [5.41, 5.74) is 0.612. The van der Waals surface area contributed by atoms with Crippen molar-refractivity contribution in [2.75, 3.05) is 7.11 Å². The number of carbonyl (C=O) groups excluding carboxylic acids is 1. The molecule has 238 valence electrons. The van der Waals surface area contributed by atoms with Crippen molar-refractivity contribution in [1.29, 1.82) is 0 Å². The third-order valence-corrected chi connectivity index (χ3v) is 13.7. The molecule has 4 rings (SSSR count). The molecule has 1 atom stereocenters. The third-order valence-electron chi connectivity index (χ3n) is 8.75. The fraction of sp³-hybridized carbons (Fsp3) is 0.486. The second-order valence-electron chi connectivity index (χ2n) is 14.0. The van der Waals surface area contributed by atoms with Gasteiger partial charge in [-0.05, 0) is 112 Å². The normalized spacial score (nSPS) is 15.5. The second kappa shape index (κ2) is 12.5. The van der Waals surface area contributed by atoms with Gasteiger partial charge < -0.3 is 19.0 Å². The first kappa shape index (κ1) is 34.1. The van der Waals surface area contributed by atoms with Crippen molar-refractivity contribution in [1.82, 2.24) is 4.98 Å². The predicted molar refractivity (Wildman–Crippen MR) is 176 cm³/mol.